The van der Waals surface area contributed by atoms with Gasteiger partial charge < -0.3 is 20.5 Å². The van der Waals surface area contributed by atoms with Crippen LogP contribution in [0.1, 0.15) is 12.8 Å². The minimum atomic E-state index is -1.03. The van der Waals surface area contributed by atoms with Crippen molar-refractivity contribution in [1.29, 1.82) is 0 Å². The fourth-order valence-electron chi connectivity index (χ4n) is 2.14. The van der Waals surface area contributed by atoms with E-state index >= 15 is 0 Å². The van der Waals surface area contributed by atoms with Crippen molar-refractivity contribution < 1.29 is 19.4 Å². The standard InChI is InChI=1S/C14H18N2O4/c17-13(18)9-20-12-3-1-2-11(8-12)16-14(19)10-4-6-15-7-5-10/h1-3,8,10,15H,4-7,9H2,(H,16,19)(H,17,18). The van der Waals surface area contributed by atoms with Gasteiger partial charge in [0.1, 0.15) is 5.75 Å². The van der Waals surface area contributed by atoms with Crippen molar-refractivity contribution >= 4 is 17.6 Å². The summed E-state index contributed by atoms with van der Waals surface area (Å²) in [6.45, 7) is 1.32. The molecule has 0 unspecified atom stereocenters. The summed E-state index contributed by atoms with van der Waals surface area (Å²) in [6.07, 6.45) is 1.67. The Bertz CT molecular complexity index is 484. The lowest BCUT2D eigenvalue weighted by Gasteiger charge is -2.21. The Labute approximate surface area is 117 Å². The van der Waals surface area contributed by atoms with Gasteiger partial charge in [0.25, 0.3) is 0 Å². The molecule has 1 heterocycles. The van der Waals surface area contributed by atoms with Crippen molar-refractivity contribution in [3.05, 3.63) is 24.3 Å². The van der Waals surface area contributed by atoms with Crippen LogP contribution < -0.4 is 15.4 Å². The Morgan fingerprint density at radius 3 is 2.80 bits per heavy atom. The molecule has 0 aliphatic carbocycles. The molecule has 0 bridgehead atoms. The zero-order valence-corrected chi connectivity index (χ0v) is 11.1. The minimum absolute atomic E-state index is 0.00174. The fraction of sp³-hybridized carbons (Fsp3) is 0.429. The third kappa shape index (κ3) is 4.24. The summed E-state index contributed by atoms with van der Waals surface area (Å²) in [5.74, 6) is -0.577. The van der Waals surface area contributed by atoms with Crippen molar-refractivity contribution in [2.24, 2.45) is 5.92 Å². The first-order valence-electron chi connectivity index (χ1n) is 6.61. The van der Waals surface area contributed by atoms with E-state index in [0.29, 0.717) is 11.4 Å². The van der Waals surface area contributed by atoms with Crippen molar-refractivity contribution in [3.8, 4) is 5.75 Å². The molecule has 1 aliphatic rings. The smallest absolute Gasteiger partial charge is 0.341 e. The maximum atomic E-state index is 12.1. The van der Waals surface area contributed by atoms with Crippen LogP contribution in [-0.2, 0) is 9.59 Å². The third-order valence-electron chi connectivity index (χ3n) is 3.17. The Hall–Kier alpha value is -2.08. The first-order valence-corrected chi connectivity index (χ1v) is 6.61. The van der Waals surface area contributed by atoms with Gasteiger partial charge in [-0.15, -0.1) is 0 Å². The molecule has 108 valence electrons. The molecule has 2 rings (SSSR count). The van der Waals surface area contributed by atoms with Gasteiger partial charge in [-0.25, -0.2) is 4.79 Å². The van der Waals surface area contributed by atoms with Crippen LogP contribution in [0.25, 0.3) is 0 Å². The summed E-state index contributed by atoms with van der Waals surface area (Å²) in [7, 11) is 0. The largest absolute Gasteiger partial charge is 0.482 e. The lowest BCUT2D eigenvalue weighted by molar-refractivity contribution is -0.139. The highest BCUT2D eigenvalue weighted by molar-refractivity contribution is 5.92. The number of nitrogens with one attached hydrogen (secondary N) is 2. The number of hydrogen-bond acceptors (Lipinski definition) is 4. The number of ether oxygens (including phenoxy) is 1. The van der Waals surface area contributed by atoms with E-state index < -0.39 is 12.6 Å². The van der Waals surface area contributed by atoms with Gasteiger partial charge in [0.2, 0.25) is 5.91 Å². The van der Waals surface area contributed by atoms with Crippen LogP contribution >= 0.6 is 0 Å². The van der Waals surface area contributed by atoms with Gasteiger partial charge in [0.15, 0.2) is 6.61 Å². The molecule has 0 radical (unpaired) electrons. The van der Waals surface area contributed by atoms with Gasteiger partial charge >= 0.3 is 5.97 Å². The second-order valence-corrected chi connectivity index (χ2v) is 4.72. The Kier molecular flexibility index (Phi) is 4.95. The van der Waals surface area contributed by atoms with Crippen LogP contribution in [-0.4, -0.2) is 36.7 Å². The van der Waals surface area contributed by atoms with E-state index in [1.807, 2.05) is 0 Å². The second kappa shape index (κ2) is 6.91. The molecule has 1 amide bonds. The average Bonchev–Trinajstić information content (AvgIpc) is 2.46. The molecule has 1 aliphatic heterocycles. The topological polar surface area (TPSA) is 87.7 Å². The predicted molar refractivity (Wildman–Crippen MR) is 73.8 cm³/mol. The number of anilines is 1. The van der Waals surface area contributed by atoms with E-state index in [-0.39, 0.29) is 11.8 Å². The van der Waals surface area contributed by atoms with E-state index in [2.05, 4.69) is 10.6 Å². The molecule has 1 aromatic carbocycles. The molecule has 0 aromatic heterocycles. The van der Waals surface area contributed by atoms with E-state index in [0.717, 1.165) is 25.9 Å². The third-order valence-corrected chi connectivity index (χ3v) is 3.17. The number of aliphatic carboxylic acids is 1. The van der Waals surface area contributed by atoms with Gasteiger partial charge in [0.05, 0.1) is 0 Å². The van der Waals surface area contributed by atoms with Crippen LogP contribution in [0.15, 0.2) is 24.3 Å². The van der Waals surface area contributed by atoms with Crippen LogP contribution in [0.2, 0.25) is 0 Å². The molecule has 0 atom stereocenters. The zero-order chi connectivity index (χ0) is 14.4. The number of carboxylic acids is 1. The lowest BCUT2D eigenvalue weighted by atomic mass is 9.97. The first-order chi connectivity index (χ1) is 9.65. The number of hydrogen-bond donors (Lipinski definition) is 3. The summed E-state index contributed by atoms with van der Waals surface area (Å²) in [5.41, 5.74) is 0.622. The molecule has 1 aromatic rings. The minimum Gasteiger partial charge on any atom is -0.482 e. The quantitative estimate of drug-likeness (QED) is 0.750. The van der Waals surface area contributed by atoms with Crippen LogP contribution in [0, 0.1) is 5.92 Å². The number of carbonyl (C=O) groups is 2. The van der Waals surface area contributed by atoms with E-state index in [1.165, 1.54) is 0 Å². The molecular weight excluding hydrogens is 260 g/mol. The predicted octanol–water partition coefficient (Wildman–Crippen LogP) is 1.09. The van der Waals surface area contributed by atoms with Crippen LogP contribution in [0.5, 0.6) is 5.75 Å². The molecule has 6 nitrogen and oxygen atoms in total. The van der Waals surface area contributed by atoms with Gasteiger partial charge in [-0.3, -0.25) is 4.79 Å². The monoisotopic (exact) mass is 278 g/mol. The van der Waals surface area contributed by atoms with E-state index in [9.17, 15) is 9.59 Å². The average molecular weight is 278 g/mol. The Morgan fingerprint density at radius 1 is 1.35 bits per heavy atom. The normalized spacial score (nSPS) is 15.6. The maximum absolute atomic E-state index is 12.1. The highest BCUT2D eigenvalue weighted by Crippen LogP contribution is 2.20. The molecule has 1 saturated heterocycles. The van der Waals surface area contributed by atoms with Crippen molar-refractivity contribution in [2.75, 3.05) is 25.0 Å². The Morgan fingerprint density at radius 2 is 2.10 bits per heavy atom. The summed E-state index contributed by atoms with van der Waals surface area (Å²) in [5, 5.41) is 14.6. The van der Waals surface area contributed by atoms with Gasteiger partial charge in [-0.1, -0.05) is 6.07 Å². The summed E-state index contributed by atoms with van der Waals surface area (Å²) in [4.78, 5) is 22.5. The van der Waals surface area contributed by atoms with E-state index in [4.69, 9.17) is 9.84 Å². The molecule has 1 fully saturated rings. The van der Waals surface area contributed by atoms with E-state index in [1.54, 1.807) is 24.3 Å². The van der Waals surface area contributed by atoms with Crippen LogP contribution in [0.4, 0.5) is 5.69 Å². The van der Waals surface area contributed by atoms with Crippen molar-refractivity contribution in [2.45, 2.75) is 12.8 Å². The first kappa shape index (κ1) is 14.3. The summed E-state index contributed by atoms with van der Waals surface area (Å²) >= 11 is 0. The zero-order valence-electron chi connectivity index (χ0n) is 11.1. The van der Waals surface area contributed by atoms with Gasteiger partial charge in [-0.05, 0) is 38.1 Å². The SMILES string of the molecule is O=C(O)COc1cccc(NC(=O)C2CCNCC2)c1. The highest BCUT2D eigenvalue weighted by Gasteiger charge is 2.20. The molecule has 0 saturated carbocycles. The number of rotatable bonds is 5. The molecule has 20 heavy (non-hydrogen) atoms. The highest BCUT2D eigenvalue weighted by atomic mass is 16.5. The second-order valence-electron chi connectivity index (χ2n) is 4.72. The Balaban J connectivity index is 1.93. The van der Waals surface area contributed by atoms with Gasteiger partial charge in [0, 0.05) is 17.7 Å². The van der Waals surface area contributed by atoms with Gasteiger partial charge in [-0.2, -0.15) is 0 Å². The number of carboxylic acid groups (broad SMARTS) is 1. The number of carbonyl (C=O) groups excluding carboxylic acids is 1. The number of amides is 1. The van der Waals surface area contributed by atoms with Crippen molar-refractivity contribution in [3.63, 3.8) is 0 Å². The van der Waals surface area contributed by atoms with Crippen molar-refractivity contribution in [1.82, 2.24) is 5.32 Å². The summed E-state index contributed by atoms with van der Waals surface area (Å²) in [6, 6.07) is 6.76. The van der Waals surface area contributed by atoms with Crippen LogP contribution in [0.3, 0.4) is 0 Å². The lowest BCUT2D eigenvalue weighted by Crippen LogP contribution is -2.34. The molecule has 6 heteroatoms. The number of benzene rings is 1. The number of piperidine rings is 1. The fourth-order valence-corrected chi connectivity index (χ4v) is 2.14. The summed E-state index contributed by atoms with van der Waals surface area (Å²) < 4.78 is 5.07. The maximum Gasteiger partial charge on any atom is 0.341 e. The molecular formula is C14H18N2O4. The molecule has 3 N–H and O–H groups in total. The molecule has 0 spiro atoms.